The van der Waals surface area contributed by atoms with Gasteiger partial charge in [0.15, 0.2) is 11.1 Å². The summed E-state index contributed by atoms with van der Waals surface area (Å²) in [5.41, 5.74) is 1.43. The van der Waals surface area contributed by atoms with Gasteiger partial charge in [0.2, 0.25) is 0 Å². The van der Waals surface area contributed by atoms with Crippen LogP contribution in [0.5, 0.6) is 0 Å². The second kappa shape index (κ2) is 11.5. The number of aromatic nitrogens is 1. The van der Waals surface area contributed by atoms with Crippen LogP contribution in [-0.2, 0) is 12.8 Å². The third-order valence-corrected chi connectivity index (χ3v) is 5.46. The van der Waals surface area contributed by atoms with Gasteiger partial charge in [-0.15, -0.1) is 35.3 Å². The second-order valence-corrected chi connectivity index (χ2v) is 7.31. The smallest absolute Gasteiger partial charge is 0.190 e. The lowest BCUT2D eigenvalue weighted by Crippen LogP contribution is -2.39. The fraction of sp³-hybridized carbons (Fsp3) is 0.474. The van der Waals surface area contributed by atoms with E-state index in [-0.39, 0.29) is 24.0 Å². The average molecular weight is 521 g/mol. The second-order valence-electron chi connectivity index (χ2n) is 6.48. The summed E-state index contributed by atoms with van der Waals surface area (Å²) in [7, 11) is 1.69. The van der Waals surface area contributed by atoms with E-state index in [1.165, 1.54) is 18.9 Å². The van der Waals surface area contributed by atoms with Crippen LogP contribution in [0.2, 0.25) is 0 Å². The van der Waals surface area contributed by atoms with Crippen molar-refractivity contribution in [2.45, 2.75) is 25.7 Å². The Hall–Kier alpha value is -1.49. The molecule has 2 aromatic rings. The first-order chi connectivity index (χ1) is 13.2. The Morgan fingerprint density at radius 2 is 1.89 bits per heavy atom. The van der Waals surface area contributed by atoms with Crippen LogP contribution in [-0.4, -0.2) is 44.2 Å². The molecule has 1 aromatic heterocycles. The van der Waals surface area contributed by atoms with E-state index in [0.717, 1.165) is 42.5 Å². The molecule has 0 spiro atoms. The van der Waals surface area contributed by atoms with Gasteiger partial charge in [-0.05, 0) is 43.0 Å². The van der Waals surface area contributed by atoms with Crippen LogP contribution in [0.1, 0.15) is 24.1 Å². The summed E-state index contributed by atoms with van der Waals surface area (Å²) in [6.45, 7) is 3.38. The highest BCUT2D eigenvalue weighted by Crippen LogP contribution is 2.24. The number of thiazole rings is 1. The Labute approximate surface area is 185 Å². The van der Waals surface area contributed by atoms with Crippen LogP contribution in [0.4, 0.5) is 13.9 Å². The summed E-state index contributed by atoms with van der Waals surface area (Å²) in [5.74, 6) is -0.175. The Morgan fingerprint density at radius 3 is 2.61 bits per heavy atom. The molecule has 1 fully saturated rings. The summed E-state index contributed by atoms with van der Waals surface area (Å²) in [6, 6.07) is 3.51. The summed E-state index contributed by atoms with van der Waals surface area (Å²) in [5, 5.41) is 9.58. The quantitative estimate of drug-likeness (QED) is 0.333. The highest BCUT2D eigenvalue weighted by Gasteiger charge is 2.15. The van der Waals surface area contributed by atoms with Gasteiger partial charge in [0.25, 0.3) is 0 Å². The number of nitrogens with zero attached hydrogens (tertiary/aromatic N) is 3. The maximum Gasteiger partial charge on any atom is 0.190 e. The van der Waals surface area contributed by atoms with Crippen LogP contribution < -0.4 is 15.5 Å². The highest BCUT2D eigenvalue weighted by molar-refractivity contribution is 14.0. The molecule has 0 saturated carbocycles. The molecular formula is C19H26F2IN5S. The number of benzene rings is 1. The molecule has 1 saturated heterocycles. The predicted octanol–water partition coefficient (Wildman–Crippen LogP) is 3.59. The van der Waals surface area contributed by atoms with E-state index in [9.17, 15) is 8.78 Å². The number of anilines is 1. The summed E-state index contributed by atoms with van der Waals surface area (Å²) >= 11 is 1.70. The average Bonchev–Trinajstić information content (AvgIpc) is 3.34. The third kappa shape index (κ3) is 6.54. The number of aliphatic imine (C=N–C) groups is 1. The Balaban J connectivity index is 0.00000280. The van der Waals surface area contributed by atoms with Gasteiger partial charge in [-0.2, -0.15) is 0 Å². The third-order valence-electron chi connectivity index (χ3n) is 4.51. The van der Waals surface area contributed by atoms with Crippen molar-refractivity contribution in [3.63, 3.8) is 0 Å². The van der Waals surface area contributed by atoms with Gasteiger partial charge in [0, 0.05) is 45.0 Å². The lowest BCUT2D eigenvalue weighted by Gasteiger charge is -2.13. The van der Waals surface area contributed by atoms with Crippen molar-refractivity contribution in [2.24, 2.45) is 4.99 Å². The first-order valence-electron chi connectivity index (χ1n) is 9.23. The fourth-order valence-corrected chi connectivity index (χ4v) is 3.96. The van der Waals surface area contributed by atoms with E-state index in [0.29, 0.717) is 31.0 Å². The Kier molecular flexibility index (Phi) is 9.36. The molecular weight excluding hydrogens is 495 g/mol. The lowest BCUT2D eigenvalue weighted by molar-refractivity contribution is 0.583. The molecule has 0 amide bonds. The maximum absolute atomic E-state index is 13.6. The van der Waals surface area contributed by atoms with Gasteiger partial charge in [0.1, 0.15) is 11.6 Å². The van der Waals surface area contributed by atoms with Gasteiger partial charge in [-0.3, -0.25) is 4.99 Å². The van der Waals surface area contributed by atoms with Crippen molar-refractivity contribution < 1.29 is 8.78 Å². The number of halogens is 3. The molecule has 0 atom stereocenters. The number of hydrogen-bond acceptors (Lipinski definition) is 4. The van der Waals surface area contributed by atoms with Crippen molar-refractivity contribution in [1.82, 2.24) is 15.6 Å². The van der Waals surface area contributed by atoms with Crippen molar-refractivity contribution >= 4 is 46.4 Å². The van der Waals surface area contributed by atoms with Crippen LogP contribution in [0.3, 0.4) is 0 Å². The summed E-state index contributed by atoms with van der Waals surface area (Å²) in [6.07, 6.45) is 3.69. The van der Waals surface area contributed by atoms with E-state index in [1.807, 2.05) is 0 Å². The van der Waals surface area contributed by atoms with Crippen molar-refractivity contribution in [1.29, 1.82) is 0 Å². The molecule has 0 unspecified atom stereocenters. The zero-order valence-corrected chi connectivity index (χ0v) is 19.0. The number of rotatable bonds is 7. The van der Waals surface area contributed by atoms with Crippen molar-refractivity contribution in [3.8, 4) is 0 Å². The van der Waals surface area contributed by atoms with Gasteiger partial charge in [-0.25, -0.2) is 13.8 Å². The molecule has 3 rings (SSSR count). The molecule has 5 nitrogen and oxygen atoms in total. The minimum absolute atomic E-state index is 0. The van der Waals surface area contributed by atoms with Crippen LogP contribution in [0, 0.1) is 11.6 Å². The standard InChI is InChI=1S/C19H25F2N5S.HI/c1-22-18(23-8-6-14-12-15(20)4-5-17(14)21)24-9-7-16-13-27-19(25-16)26-10-2-3-11-26;/h4-5,12-13H,2-3,6-11H2,1H3,(H2,22,23,24);1H. The van der Waals surface area contributed by atoms with E-state index in [4.69, 9.17) is 4.98 Å². The minimum atomic E-state index is -0.425. The largest absolute Gasteiger partial charge is 0.356 e. The zero-order chi connectivity index (χ0) is 19.1. The lowest BCUT2D eigenvalue weighted by atomic mass is 10.1. The Bertz CT molecular complexity index is 777. The molecule has 28 heavy (non-hydrogen) atoms. The zero-order valence-electron chi connectivity index (χ0n) is 15.9. The predicted molar refractivity (Wildman–Crippen MR) is 122 cm³/mol. The fourth-order valence-electron chi connectivity index (χ4n) is 3.04. The van der Waals surface area contributed by atoms with E-state index < -0.39 is 11.6 Å². The molecule has 154 valence electrons. The molecule has 0 bridgehead atoms. The summed E-state index contributed by atoms with van der Waals surface area (Å²) in [4.78, 5) is 11.2. The first kappa shape index (κ1) is 22.8. The molecule has 1 aromatic carbocycles. The van der Waals surface area contributed by atoms with E-state index in [1.54, 1.807) is 18.4 Å². The topological polar surface area (TPSA) is 52.6 Å². The van der Waals surface area contributed by atoms with Crippen molar-refractivity contribution in [3.05, 3.63) is 46.5 Å². The molecule has 9 heteroatoms. The number of hydrogen-bond donors (Lipinski definition) is 2. The van der Waals surface area contributed by atoms with Crippen LogP contribution in [0.15, 0.2) is 28.6 Å². The Morgan fingerprint density at radius 1 is 1.18 bits per heavy atom. The normalized spacial score (nSPS) is 14.1. The van der Waals surface area contributed by atoms with Crippen LogP contribution >= 0.6 is 35.3 Å². The first-order valence-corrected chi connectivity index (χ1v) is 10.1. The SMILES string of the molecule is CN=C(NCCc1csc(N2CCCC2)n1)NCCc1cc(F)ccc1F.I. The molecule has 1 aliphatic heterocycles. The molecule has 0 radical (unpaired) electrons. The molecule has 2 heterocycles. The molecule has 0 aliphatic carbocycles. The van der Waals surface area contributed by atoms with Gasteiger partial charge in [-0.1, -0.05) is 0 Å². The van der Waals surface area contributed by atoms with Crippen molar-refractivity contribution in [2.75, 3.05) is 38.1 Å². The van der Waals surface area contributed by atoms with Gasteiger partial charge >= 0.3 is 0 Å². The number of guanidine groups is 1. The van der Waals surface area contributed by atoms with Gasteiger partial charge < -0.3 is 15.5 Å². The minimum Gasteiger partial charge on any atom is -0.356 e. The monoisotopic (exact) mass is 521 g/mol. The maximum atomic E-state index is 13.6. The molecule has 1 aliphatic rings. The van der Waals surface area contributed by atoms with E-state index in [2.05, 4.69) is 25.9 Å². The van der Waals surface area contributed by atoms with E-state index >= 15 is 0 Å². The van der Waals surface area contributed by atoms with Gasteiger partial charge in [0.05, 0.1) is 5.69 Å². The summed E-state index contributed by atoms with van der Waals surface area (Å²) < 4.78 is 26.8. The number of nitrogens with one attached hydrogen (secondary N) is 2. The van der Waals surface area contributed by atoms with Crippen LogP contribution in [0.25, 0.3) is 0 Å². The highest BCUT2D eigenvalue weighted by atomic mass is 127. The molecule has 2 N–H and O–H groups in total.